The highest BCUT2D eigenvalue weighted by atomic mass is 79.9. The normalized spacial score (nSPS) is 19.4. The molecule has 3 aromatic rings. The second-order valence-electron chi connectivity index (χ2n) is 9.66. The van der Waals surface area contributed by atoms with E-state index in [1.807, 2.05) is 30.4 Å². The smallest absolute Gasteiger partial charge is 0.305 e. The Morgan fingerprint density at radius 1 is 0.949 bits per heavy atom. The molecule has 0 aromatic heterocycles. The number of halogens is 1. The molecule has 8 heteroatoms. The molecule has 4 rings (SSSR count). The molecule has 39 heavy (non-hydrogen) atoms. The minimum atomic E-state index is -3.68. The summed E-state index contributed by atoms with van der Waals surface area (Å²) in [6.45, 7) is 0.453. The Balaban J connectivity index is 1.42. The average Bonchev–Trinajstić information content (AvgIpc) is 3.32. The largest absolute Gasteiger partial charge is 0.469 e. The zero-order valence-corrected chi connectivity index (χ0v) is 24.4. The van der Waals surface area contributed by atoms with Gasteiger partial charge in [0.15, 0.2) is 0 Å². The lowest BCUT2D eigenvalue weighted by Crippen LogP contribution is -2.39. The van der Waals surface area contributed by atoms with Crippen LogP contribution >= 0.6 is 15.9 Å². The highest BCUT2D eigenvalue weighted by Crippen LogP contribution is 2.34. The Labute approximate surface area is 239 Å². The van der Waals surface area contributed by atoms with Crippen molar-refractivity contribution in [2.45, 2.75) is 55.8 Å². The van der Waals surface area contributed by atoms with Crippen LogP contribution in [0.2, 0.25) is 0 Å². The van der Waals surface area contributed by atoms with E-state index in [0.717, 1.165) is 22.0 Å². The molecule has 1 N–H and O–H groups in total. The monoisotopic (exact) mass is 611 g/mol. The highest BCUT2D eigenvalue weighted by Gasteiger charge is 2.38. The van der Waals surface area contributed by atoms with Crippen LogP contribution in [0, 0.1) is 5.92 Å². The molecule has 3 aromatic carbocycles. The number of allylic oxidation sites excluding steroid dienone is 2. The molecule has 6 nitrogen and oxygen atoms in total. The third-order valence-corrected chi connectivity index (χ3v) is 9.06. The fourth-order valence-corrected chi connectivity index (χ4v) is 6.47. The SMILES string of the molecule is COC(=O)CC/C=C\C[C@@H]1[C@@H](NS(=O)(=O)c2ccc(Br)cc2)CC[C@@H]1OCc1ccc(-c2ccccc2)cc1. The van der Waals surface area contributed by atoms with Crippen molar-refractivity contribution < 1.29 is 22.7 Å². The summed E-state index contributed by atoms with van der Waals surface area (Å²) >= 11 is 3.36. The van der Waals surface area contributed by atoms with Gasteiger partial charge in [0.2, 0.25) is 10.0 Å². The molecule has 206 valence electrons. The van der Waals surface area contributed by atoms with Gasteiger partial charge < -0.3 is 9.47 Å². The Morgan fingerprint density at radius 3 is 2.33 bits per heavy atom. The van der Waals surface area contributed by atoms with E-state index < -0.39 is 10.0 Å². The van der Waals surface area contributed by atoms with Gasteiger partial charge in [0.1, 0.15) is 0 Å². The first-order valence-electron chi connectivity index (χ1n) is 13.1. The Morgan fingerprint density at radius 2 is 1.64 bits per heavy atom. The van der Waals surface area contributed by atoms with Gasteiger partial charge in [-0.25, -0.2) is 13.1 Å². The van der Waals surface area contributed by atoms with Crippen molar-refractivity contribution in [3.8, 4) is 11.1 Å². The van der Waals surface area contributed by atoms with Crippen LogP contribution < -0.4 is 4.72 Å². The van der Waals surface area contributed by atoms with E-state index in [-0.39, 0.29) is 28.9 Å². The van der Waals surface area contributed by atoms with Crippen molar-refractivity contribution in [2.75, 3.05) is 7.11 Å². The van der Waals surface area contributed by atoms with E-state index in [0.29, 0.717) is 32.3 Å². The first-order valence-corrected chi connectivity index (χ1v) is 15.4. The topological polar surface area (TPSA) is 81.7 Å². The number of carbonyl (C=O) groups excluding carboxylic acids is 1. The predicted octanol–water partition coefficient (Wildman–Crippen LogP) is 6.66. The fourth-order valence-electron chi connectivity index (χ4n) is 4.88. The molecule has 0 aliphatic heterocycles. The zero-order valence-electron chi connectivity index (χ0n) is 22.0. The van der Waals surface area contributed by atoms with Gasteiger partial charge in [-0.05, 0) is 66.6 Å². The fraction of sp³-hybridized carbons (Fsp3) is 0.323. The molecular weight excluding hydrogens is 578 g/mol. The van der Waals surface area contributed by atoms with Gasteiger partial charge >= 0.3 is 5.97 Å². The maximum Gasteiger partial charge on any atom is 0.305 e. The Bertz CT molecular complexity index is 1340. The molecule has 1 saturated carbocycles. The third-order valence-electron chi connectivity index (χ3n) is 7.03. The number of benzene rings is 3. The lowest BCUT2D eigenvalue weighted by molar-refractivity contribution is -0.140. The van der Waals surface area contributed by atoms with Gasteiger partial charge in [-0.3, -0.25) is 4.79 Å². The standard InChI is InChI=1S/C31H34BrNO5S/c1-37-31(34)11-7-3-6-10-28-29(33-39(35,36)27-18-16-26(32)17-19-27)20-21-30(28)38-22-23-12-14-25(15-13-23)24-8-4-2-5-9-24/h2-6,8-9,12-19,28-30,33H,7,10-11,20-22H2,1H3/b6-3-/t28-,29+,30+/m1/s1. The van der Waals surface area contributed by atoms with Gasteiger partial charge in [-0.2, -0.15) is 0 Å². The first-order chi connectivity index (χ1) is 18.9. The molecule has 0 heterocycles. The number of carbonyl (C=O) groups is 1. The van der Waals surface area contributed by atoms with Crippen LogP contribution in [0.25, 0.3) is 11.1 Å². The van der Waals surface area contributed by atoms with Gasteiger partial charge in [0, 0.05) is 22.9 Å². The summed E-state index contributed by atoms with van der Waals surface area (Å²) in [4.78, 5) is 11.7. The van der Waals surface area contributed by atoms with Crippen LogP contribution in [0.1, 0.15) is 37.7 Å². The molecule has 1 aliphatic rings. The molecule has 0 saturated heterocycles. The molecular formula is C31H34BrNO5S. The molecule has 3 atom stereocenters. The van der Waals surface area contributed by atoms with Crippen molar-refractivity contribution in [2.24, 2.45) is 5.92 Å². The number of nitrogens with one attached hydrogen (secondary N) is 1. The summed E-state index contributed by atoms with van der Waals surface area (Å²) in [5.41, 5.74) is 3.39. The molecule has 0 amide bonds. The van der Waals surface area contributed by atoms with Crippen molar-refractivity contribution in [3.05, 3.63) is 101 Å². The second kappa shape index (κ2) is 14.0. The number of sulfonamides is 1. The van der Waals surface area contributed by atoms with Gasteiger partial charge in [0.05, 0.1) is 24.7 Å². The van der Waals surface area contributed by atoms with Crippen LogP contribution in [-0.2, 0) is 30.9 Å². The maximum atomic E-state index is 13.1. The van der Waals surface area contributed by atoms with Crippen molar-refractivity contribution in [1.82, 2.24) is 4.72 Å². The second-order valence-corrected chi connectivity index (χ2v) is 12.3. The number of methoxy groups -OCH3 is 1. The number of hydrogen-bond acceptors (Lipinski definition) is 5. The molecule has 0 spiro atoms. The molecule has 0 unspecified atom stereocenters. The first kappa shape index (κ1) is 29.2. The van der Waals surface area contributed by atoms with E-state index >= 15 is 0 Å². The van der Waals surface area contributed by atoms with Crippen molar-refractivity contribution in [3.63, 3.8) is 0 Å². The summed E-state index contributed by atoms with van der Waals surface area (Å²) < 4.78 is 41.1. The summed E-state index contributed by atoms with van der Waals surface area (Å²) in [7, 11) is -2.30. The lowest BCUT2D eigenvalue weighted by atomic mass is 9.97. The Hall–Kier alpha value is -2.78. The highest BCUT2D eigenvalue weighted by molar-refractivity contribution is 9.10. The van der Waals surface area contributed by atoms with Crippen LogP contribution in [0.4, 0.5) is 0 Å². The third kappa shape index (κ3) is 8.35. The minimum absolute atomic E-state index is 0.0341. The van der Waals surface area contributed by atoms with E-state index in [2.05, 4.69) is 57.1 Å². The van der Waals surface area contributed by atoms with Crippen LogP contribution in [0.15, 0.2) is 100 Å². The van der Waals surface area contributed by atoms with Crippen molar-refractivity contribution in [1.29, 1.82) is 0 Å². The van der Waals surface area contributed by atoms with Gasteiger partial charge in [-0.1, -0.05) is 82.7 Å². The summed E-state index contributed by atoms with van der Waals surface area (Å²) in [5, 5.41) is 0. The Kier molecular flexibility index (Phi) is 10.5. The minimum Gasteiger partial charge on any atom is -0.469 e. The number of esters is 1. The number of hydrogen-bond donors (Lipinski definition) is 1. The molecule has 1 fully saturated rings. The van der Waals surface area contributed by atoms with E-state index in [4.69, 9.17) is 9.47 Å². The molecule has 0 bridgehead atoms. The van der Waals surface area contributed by atoms with E-state index in [9.17, 15) is 13.2 Å². The van der Waals surface area contributed by atoms with Crippen molar-refractivity contribution >= 4 is 31.9 Å². The van der Waals surface area contributed by atoms with Gasteiger partial charge in [-0.15, -0.1) is 0 Å². The predicted molar refractivity (Wildman–Crippen MR) is 156 cm³/mol. The summed E-state index contributed by atoms with van der Waals surface area (Å²) in [6, 6.07) is 24.9. The molecule has 1 aliphatic carbocycles. The van der Waals surface area contributed by atoms with Gasteiger partial charge in [0.25, 0.3) is 0 Å². The zero-order chi connectivity index (χ0) is 27.7. The number of ether oxygens (including phenoxy) is 2. The lowest BCUT2D eigenvalue weighted by Gasteiger charge is -2.25. The average molecular weight is 613 g/mol. The van der Waals surface area contributed by atoms with E-state index in [1.54, 1.807) is 24.3 Å². The maximum absolute atomic E-state index is 13.1. The van der Waals surface area contributed by atoms with E-state index in [1.165, 1.54) is 12.7 Å². The number of rotatable bonds is 12. The van der Waals surface area contributed by atoms with Crippen LogP contribution in [-0.4, -0.2) is 33.6 Å². The molecule has 0 radical (unpaired) electrons. The summed E-state index contributed by atoms with van der Waals surface area (Å²) in [6.07, 6.45) is 6.86. The van der Waals surface area contributed by atoms with Crippen LogP contribution in [0.3, 0.4) is 0 Å². The summed E-state index contributed by atoms with van der Waals surface area (Å²) in [5.74, 6) is -0.284. The van der Waals surface area contributed by atoms with Crippen LogP contribution in [0.5, 0.6) is 0 Å². The quantitative estimate of drug-likeness (QED) is 0.183.